The summed E-state index contributed by atoms with van der Waals surface area (Å²) in [5.74, 6) is 1.27. The molecule has 1 aliphatic heterocycles. The highest BCUT2D eigenvalue weighted by Crippen LogP contribution is 2.22. The number of rotatable bonds is 4. The molecule has 7 nitrogen and oxygen atoms in total. The average molecular weight is 342 g/mol. The standard InChI is InChI=1S/C18H22N4O3/c1-13-4-6-14(7-5-13)17(23)22-10-8-21(9-11-22)15-12-16(24-2)20-18(19-15)25-3/h4-7,12H,8-11H2,1-3H3. The van der Waals surface area contributed by atoms with Gasteiger partial charge < -0.3 is 19.3 Å². The van der Waals surface area contributed by atoms with Gasteiger partial charge in [0.2, 0.25) is 5.88 Å². The van der Waals surface area contributed by atoms with E-state index >= 15 is 0 Å². The minimum absolute atomic E-state index is 0.0671. The number of carbonyl (C=O) groups is 1. The van der Waals surface area contributed by atoms with Crippen molar-refractivity contribution in [2.24, 2.45) is 0 Å². The molecule has 1 amide bonds. The van der Waals surface area contributed by atoms with Crippen LogP contribution >= 0.6 is 0 Å². The fourth-order valence-corrected chi connectivity index (χ4v) is 2.77. The second-order valence-corrected chi connectivity index (χ2v) is 5.90. The molecule has 0 radical (unpaired) electrons. The van der Waals surface area contributed by atoms with Gasteiger partial charge in [0.05, 0.1) is 14.2 Å². The first-order valence-electron chi connectivity index (χ1n) is 8.18. The van der Waals surface area contributed by atoms with E-state index in [9.17, 15) is 4.79 Å². The molecule has 1 aromatic carbocycles. The lowest BCUT2D eigenvalue weighted by atomic mass is 10.1. The van der Waals surface area contributed by atoms with Crippen LogP contribution in [0.2, 0.25) is 0 Å². The fraction of sp³-hybridized carbons (Fsp3) is 0.389. The number of aromatic nitrogens is 2. The monoisotopic (exact) mass is 342 g/mol. The normalized spacial score (nSPS) is 14.4. The number of aryl methyl sites for hydroxylation is 1. The molecule has 2 heterocycles. The first kappa shape index (κ1) is 17.0. The number of nitrogens with zero attached hydrogens (tertiary/aromatic N) is 4. The van der Waals surface area contributed by atoms with Gasteiger partial charge in [0.15, 0.2) is 0 Å². The zero-order chi connectivity index (χ0) is 17.8. The van der Waals surface area contributed by atoms with Crippen LogP contribution in [0.5, 0.6) is 11.9 Å². The molecule has 1 aromatic heterocycles. The van der Waals surface area contributed by atoms with Crippen molar-refractivity contribution in [1.82, 2.24) is 14.9 Å². The molecule has 132 valence electrons. The zero-order valence-electron chi connectivity index (χ0n) is 14.7. The number of carbonyl (C=O) groups excluding carboxylic acids is 1. The maximum atomic E-state index is 12.6. The summed E-state index contributed by atoms with van der Waals surface area (Å²) in [6.07, 6.45) is 0. The average Bonchev–Trinajstić information content (AvgIpc) is 2.67. The second-order valence-electron chi connectivity index (χ2n) is 5.90. The van der Waals surface area contributed by atoms with Crippen LogP contribution in [0, 0.1) is 6.92 Å². The lowest BCUT2D eigenvalue weighted by molar-refractivity contribution is 0.0746. The molecule has 1 fully saturated rings. The maximum Gasteiger partial charge on any atom is 0.321 e. The third-order valence-corrected chi connectivity index (χ3v) is 4.25. The molecule has 7 heteroatoms. The van der Waals surface area contributed by atoms with Gasteiger partial charge in [-0.05, 0) is 19.1 Å². The molecule has 3 rings (SSSR count). The summed E-state index contributed by atoms with van der Waals surface area (Å²) >= 11 is 0. The van der Waals surface area contributed by atoms with Crippen LogP contribution in [0.15, 0.2) is 30.3 Å². The fourth-order valence-electron chi connectivity index (χ4n) is 2.77. The zero-order valence-corrected chi connectivity index (χ0v) is 14.7. The number of amides is 1. The van der Waals surface area contributed by atoms with Crippen molar-refractivity contribution in [2.75, 3.05) is 45.3 Å². The highest BCUT2D eigenvalue weighted by atomic mass is 16.5. The molecular weight excluding hydrogens is 320 g/mol. The Hall–Kier alpha value is -2.83. The van der Waals surface area contributed by atoms with E-state index in [0.717, 1.165) is 16.9 Å². The topological polar surface area (TPSA) is 67.8 Å². The molecule has 1 aliphatic rings. The minimum Gasteiger partial charge on any atom is -0.481 e. The molecule has 0 unspecified atom stereocenters. The summed E-state index contributed by atoms with van der Waals surface area (Å²) in [4.78, 5) is 25.1. The van der Waals surface area contributed by atoms with E-state index < -0.39 is 0 Å². The Morgan fingerprint density at radius 1 is 1.00 bits per heavy atom. The van der Waals surface area contributed by atoms with E-state index in [1.165, 1.54) is 7.11 Å². The molecule has 0 spiro atoms. The first-order chi connectivity index (χ1) is 12.1. The molecular formula is C18H22N4O3. The van der Waals surface area contributed by atoms with E-state index in [2.05, 4.69) is 14.9 Å². The number of ether oxygens (including phenoxy) is 2. The Bertz CT molecular complexity index is 718. The summed E-state index contributed by atoms with van der Waals surface area (Å²) in [7, 11) is 3.08. The SMILES string of the molecule is COc1cc(N2CCN(C(=O)c3ccc(C)cc3)CC2)nc(OC)n1. The first-order valence-corrected chi connectivity index (χ1v) is 8.18. The van der Waals surface area contributed by atoms with E-state index in [4.69, 9.17) is 9.47 Å². The lowest BCUT2D eigenvalue weighted by Crippen LogP contribution is -2.49. The molecule has 0 aliphatic carbocycles. The van der Waals surface area contributed by atoms with Gasteiger partial charge in [0, 0.05) is 37.8 Å². The Balaban J connectivity index is 1.67. The molecule has 2 aromatic rings. The quantitative estimate of drug-likeness (QED) is 0.843. The van der Waals surface area contributed by atoms with E-state index in [-0.39, 0.29) is 11.9 Å². The van der Waals surface area contributed by atoms with Crippen molar-refractivity contribution in [3.8, 4) is 11.9 Å². The summed E-state index contributed by atoms with van der Waals surface area (Å²) < 4.78 is 10.3. The Kier molecular flexibility index (Phi) is 5.02. The van der Waals surface area contributed by atoms with Crippen molar-refractivity contribution in [2.45, 2.75) is 6.92 Å². The Morgan fingerprint density at radius 2 is 1.68 bits per heavy atom. The van der Waals surface area contributed by atoms with Gasteiger partial charge in [0.1, 0.15) is 5.82 Å². The van der Waals surface area contributed by atoms with Crippen molar-refractivity contribution in [1.29, 1.82) is 0 Å². The number of anilines is 1. The van der Waals surface area contributed by atoms with Crippen molar-refractivity contribution in [3.05, 3.63) is 41.5 Å². The van der Waals surface area contributed by atoms with Gasteiger partial charge in [-0.3, -0.25) is 4.79 Å². The van der Waals surface area contributed by atoms with Crippen molar-refractivity contribution >= 4 is 11.7 Å². The molecule has 1 saturated heterocycles. The molecule has 0 atom stereocenters. The molecule has 0 bridgehead atoms. The third-order valence-electron chi connectivity index (χ3n) is 4.25. The molecule has 0 N–H and O–H groups in total. The smallest absolute Gasteiger partial charge is 0.321 e. The molecule has 0 saturated carbocycles. The van der Waals surface area contributed by atoms with Crippen molar-refractivity contribution in [3.63, 3.8) is 0 Å². The number of benzene rings is 1. The highest BCUT2D eigenvalue weighted by Gasteiger charge is 2.23. The van der Waals surface area contributed by atoms with Gasteiger partial charge in [-0.25, -0.2) is 0 Å². The molecule has 25 heavy (non-hydrogen) atoms. The summed E-state index contributed by atoms with van der Waals surface area (Å²) in [6.45, 7) is 4.68. The Morgan fingerprint density at radius 3 is 2.28 bits per heavy atom. The van der Waals surface area contributed by atoms with Crippen LogP contribution in [0.1, 0.15) is 15.9 Å². The number of hydrogen-bond donors (Lipinski definition) is 0. The second kappa shape index (κ2) is 7.38. The number of methoxy groups -OCH3 is 2. The van der Waals surface area contributed by atoms with E-state index in [1.54, 1.807) is 13.2 Å². The summed E-state index contributed by atoms with van der Waals surface area (Å²) in [5, 5.41) is 0. The predicted octanol–water partition coefficient (Wildman–Crippen LogP) is 1.76. The van der Waals surface area contributed by atoms with Gasteiger partial charge in [-0.15, -0.1) is 0 Å². The highest BCUT2D eigenvalue weighted by molar-refractivity contribution is 5.94. The largest absolute Gasteiger partial charge is 0.481 e. The van der Waals surface area contributed by atoms with Crippen LogP contribution in [0.3, 0.4) is 0 Å². The Labute approximate surface area is 147 Å². The van der Waals surface area contributed by atoms with Crippen LogP contribution in [-0.4, -0.2) is 61.2 Å². The number of piperazine rings is 1. The van der Waals surface area contributed by atoms with Gasteiger partial charge in [-0.1, -0.05) is 17.7 Å². The van der Waals surface area contributed by atoms with E-state index in [1.807, 2.05) is 36.1 Å². The predicted molar refractivity (Wildman–Crippen MR) is 94.4 cm³/mol. The van der Waals surface area contributed by atoms with Crippen LogP contribution in [0.4, 0.5) is 5.82 Å². The van der Waals surface area contributed by atoms with Crippen LogP contribution in [0.25, 0.3) is 0 Å². The van der Waals surface area contributed by atoms with Crippen LogP contribution in [-0.2, 0) is 0 Å². The lowest BCUT2D eigenvalue weighted by Gasteiger charge is -2.35. The van der Waals surface area contributed by atoms with Crippen LogP contribution < -0.4 is 14.4 Å². The number of hydrogen-bond acceptors (Lipinski definition) is 6. The van der Waals surface area contributed by atoms with Gasteiger partial charge >= 0.3 is 6.01 Å². The van der Waals surface area contributed by atoms with Gasteiger partial charge in [-0.2, -0.15) is 9.97 Å². The van der Waals surface area contributed by atoms with Gasteiger partial charge in [0.25, 0.3) is 5.91 Å². The third kappa shape index (κ3) is 3.81. The minimum atomic E-state index is 0.0671. The maximum absolute atomic E-state index is 12.6. The van der Waals surface area contributed by atoms with E-state index in [0.29, 0.717) is 32.1 Å². The summed E-state index contributed by atoms with van der Waals surface area (Å²) in [6, 6.07) is 9.73. The summed E-state index contributed by atoms with van der Waals surface area (Å²) in [5.41, 5.74) is 1.87. The van der Waals surface area contributed by atoms with Crippen molar-refractivity contribution < 1.29 is 14.3 Å².